The van der Waals surface area contributed by atoms with Crippen molar-refractivity contribution in [3.8, 4) is 0 Å². The maximum atomic E-state index is 5.83. The molecule has 1 aromatic rings. The quantitative estimate of drug-likeness (QED) is 0.776. The molecule has 1 aromatic carbocycles. The van der Waals surface area contributed by atoms with E-state index in [1.807, 2.05) is 18.2 Å². The molecule has 82 valence electrons. The van der Waals surface area contributed by atoms with Crippen LogP contribution in [0.4, 0.5) is 0 Å². The lowest BCUT2D eigenvalue weighted by molar-refractivity contribution is 0.0441. The van der Waals surface area contributed by atoms with Gasteiger partial charge in [0, 0.05) is 12.1 Å². The zero-order chi connectivity index (χ0) is 10.7. The summed E-state index contributed by atoms with van der Waals surface area (Å²) in [6.07, 6.45) is 2.00. The largest absolute Gasteiger partial charge is 0.373 e. The molecule has 2 rings (SSSR count). The molecule has 2 unspecified atom stereocenters. The summed E-state index contributed by atoms with van der Waals surface area (Å²) in [6.45, 7) is 0.658. The van der Waals surface area contributed by atoms with Crippen LogP contribution in [0.15, 0.2) is 30.3 Å². The molecule has 0 spiro atoms. The smallest absolute Gasteiger partial charge is 0.0720 e. The van der Waals surface area contributed by atoms with Gasteiger partial charge in [0.25, 0.3) is 0 Å². The highest BCUT2D eigenvalue weighted by Crippen LogP contribution is 2.20. The first kappa shape index (κ1) is 10.6. The first-order valence-corrected chi connectivity index (χ1v) is 5.42. The summed E-state index contributed by atoms with van der Waals surface area (Å²) in [4.78, 5) is 0. The summed E-state index contributed by atoms with van der Waals surface area (Å²) >= 11 is 0. The van der Waals surface area contributed by atoms with Gasteiger partial charge in [-0.1, -0.05) is 30.3 Å². The highest BCUT2D eigenvalue weighted by molar-refractivity contribution is 5.13. The van der Waals surface area contributed by atoms with E-state index in [0.717, 1.165) is 12.8 Å². The van der Waals surface area contributed by atoms with Crippen molar-refractivity contribution in [2.45, 2.75) is 37.6 Å². The van der Waals surface area contributed by atoms with Crippen molar-refractivity contribution in [3.63, 3.8) is 0 Å². The maximum absolute atomic E-state index is 5.83. The molecule has 3 heteroatoms. The van der Waals surface area contributed by atoms with E-state index >= 15 is 0 Å². The topological polar surface area (TPSA) is 61.3 Å². The van der Waals surface area contributed by atoms with Gasteiger partial charge in [-0.15, -0.1) is 0 Å². The van der Waals surface area contributed by atoms with Gasteiger partial charge in [-0.05, 0) is 18.4 Å². The summed E-state index contributed by atoms with van der Waals surface area (Å²) < 4.78 is 5.77. The minimum absolute atomic E-state index is 0.103. The van der Waals surface area contributed by atoms with Crippen molar-refractivity contribution in [2.24, 2.45) is 11.5 Å². The lowest BCUT2D eigenvalue weighted by Crippen LogP contribution is -2.35. The number of ether oxygens (including phenoxy) is 1. The molecule has 0 amide bonds. The van der Waals surface area contributed by atoms with Crippen molar-refractivity contribution in [1.29, 1.82) is 0 Å². The molecule has 1 fully saturated rings. The third-order valence-electron chi connectivity index (χ3n) is 2.95. The summed E-state index contributed by atoms with van der Waals surface area (Å²) in [5.41, 5.74) is 12.9. The van der Waals surface area contributed by atoms with Gasteiger partial charge >= 0.3 is 0 Å². The van der Waals surface area contributed by atoms with Crippen molar-refractivity contribution >= 4 is 0 Å². The minimum Gasteiger partial charge on any atom is -0.373 e. The Hall–Kier alpha value is -0.900. The molecule has 1 saturated carbocycles. The molecule has 1 aliphatic rings. The van der Waals surface area contributed by atoms with Crippen LogP contribution in [0.25, 0.3) is 0 Å². The third kappa shape index (κ3) is 2.78. The number of nitrogens with two attached hydrogens (primary N) is 2. The predicted molar refractivity (Wildman–Crippen MR) is 60.2 cm³/mol. The lowest BCUT2D eigenvalue weighted by atomic mass is 10.2. The molecular formula is C12H18N2O. The molecule has 2 atom stereocenters. The molecule has 3 nitrogen and oxygen atoms in total. The number of hydrogen-bond donors (Lipinski definition) is 2. The monoisotopic (exact) mass is 206 g/mol. The van der Waals surface area contributed by atoms with E-state index in [0.29, 0.717) is 6.61 Å². The van der Waals surface area contributed by atoms with Crippen LogP contribution in [0.1, 0.15) is 18.4 Å². The number of benzene rings is 1. The fourth-order valence-electron chi connectivity index (χ4n) is 1.98. The van der Waals surface area contributed by atoms with E-state index in [4.69, 9.17) is 16.2 Å². The van der Waals surface area contributed by atoms with Crippen LogP contribution in [0.5, 0.6) is 0 Å². The molecule has 0 bridgehead atoms. The average molecular weight is 206 g/mol. The number of hydrogen-bond acceptors (Lipinski definition) is 3. The van der Waals surface area contributed by atoms with Crippen molar-refractivity contribution in [2.75, 3.05) is 0 Å². The van der Waals surface area contributed by atoms with E-state index < -0.39 is 0 Å². The van der Waals surface area contributed by atoms with E-state index in [9.17, 15) is 0 Å². The molecule has 1 aliphatic carbocycles. The van der Waals surface area contributed by atoms with Crippen LogP contribution in [0.3, 0.4) is 0 Å². The highest BCUT2D eigenvalue weighted by atomic mass is 16.5. The Kier molecular flexibility index (Phi) is 3.36. The van der Waals surface area contributed by atoms with E-state index in [-0.39, 0.29) is 18.2 Å². The second kappa shape index (κ2) is 4.75. The molecule has 0 heterocycles. The molecule has 0 saturated heterocycles. The summed E-state index contributed by atoms with van der Waals surface area (Å²) in [6, 6.07) is 10.4. The maximum Gasteiger partial charge on any atom is 0.0720 e. The van der Waals surface area contributed by atoms with Crippen LogP contribution in [-0.2, 0) is 11.3 Å². The van der Waals surface area contributed by atoms with Crippen LogP contribution < -0.4 is 11.5 Å². The van der Waals surface area contributed by atoms with Crippen LogP contribution in [-0.4, -0.2) is 18.2 Å². The first-order valence-electron chi connectivity index (χ1n) is 5.42. The van der Waals surface area contributed by atoms with Crippen LogP contribution in [0, 0.1) is 0 Å². The average Bonchev–Trinajstić information content (AvgIpc) is 2.57. The van der Waals surface area contributed by atoms with Crippen molar-refractivity contribution < 1.29 is 4.74 Å². The zero-order valence-corrected chi connectivity index (χ0v) is 8.80. The standard InChI is InChI=1S/C12H18N2O/c13-11-6-10(7-12(11)14)15-8-9-4-2-1-3-5-9/h1-5,10-12H,6-8,13-14H2. The van der Waals surface area contributed by atoms with Gasteiger partial charge in [-0.3, -0.25) is 0 Å². The Bertz CT molecular complexity index is 292. The molecule has 0 aliphatic heterocycles. The fraction of sp³-hybridized carbons (Fsp3) is 0.500. The molecule has 4 N–H and O–H groups in total. The summed E-state index contributed by atoms with van der Waals surface area (Å²) in [5, 5.41) is 0. The van der Waals surface area contributed by atoms with Crippen LogP contribution >= 0.6 is 0 Å². The van der Waals surface area contributed by atoms with Gasteiger partial charge in [0.2, 0.25) is 0 Å². The lowest BCUT2D eigenvalue weighted by Gasteiger charge is -2.11. The minimum atomic E-state index is 0.103. The second-order valence-corrected chi connectivity index (χ2v) is 4.22. The first-order chi connectivity index (χ1) is 7.25. The van der Waals surface area contributed by atoms with Gasteiger partial charge in [0.15, 0.2) is 0 Å². The molecule has 15 heavy (non-hydrogen) atoms. The highest BCUT2D eigenvalue weighted by Gasteiger charge is 2.29. The zero-order valence-electron chi connectivity index (χ0n) is 8.80. The second-order valence-electron chi connectivity index (χ2n) is 4.22. The normalized spacial score (nSPS) is 30.7. The predicted octanol–water partition coefficient (Wildman–Crippen LogP) is 1.02. The van der Waals surface area contributed by atoms with Gasteiger partial charge < -0.3 is 16.2 Å². The number of rotatable bonds is 3. The Labute approximate surface area is 90.4 Å². The van der Waals surface area contributed by atoms with Gasteiger partial charge in [0.1, 0.15) is 0 Å². The van der Waals surface area contributed by atoms with Gasteiger partial charge in [-0.25, -0.2) is 0 Å². The van der Waals surface area contributed by atoms with Crippen LogP contribution in [0.2, 0.25) is 0 Å². The third-order valence-corrected chi connectivity index (χ3v) is 2.95. The Balaban J connectivity index is 1.80. The van der Waals surface area contributed by atoms with E-state index in [1.165, 1.54) is 5.56 Å². The Morgan fingerprint density at radius 1 is 1.07 bits per heavy atom. The Morgan fingerprint density at radius 3 is 2.27 bits per heavy atom. The van der Waals surface area contributed by atoms with E-state index in [2.05, 4.69) is 12.1 Å². The summed E-state index contributed by atoms with van der Waals surface area (Å²) in [7, 11) is 0. The molecule has 0 aromatic heterocycles. The van der Waals surface area contributed by atoms with E-state index in [1.54, 1.807) is 0 Å². The van der Waals surface area contributed by atoms with Gasteiger partial charge in [-0.2, -0.15) is 0 Å². The SMILES string of the molecule is NC1CC(OCc2ccccc2)CC1N. The fourth-order valence-corrected chi connectivity index (χ4v) is 1.98. The Morgan fingerprint density at radius 2 is 1.67 bits per heavy atom. The molecular weight excluding hydrogens is 188 g/mol. The summed E-state index contributed by atoms with van der Waals surface area (Å²) in [5.74, 6) is 0. The van der Waals surface area contributed by atoms with Crippen molar-refractivity contribution in [3.05, 3.63) is 35.9 Å². The van der Waals surface area contributed by atoms with Crippen molar-refractivity contribution in [1.82, 2.24) is 0 Å². The molecule has 0 radical (unpaired) electrons. The van der Waals surface area contributed by atoms with Gasteiger partial charge in [0.05, 0.1) is 12.7 Å².